The summed E-state index contributed by atoms with van der Waals surface area (Å²) in [5.41, 5.74) is 5.51. The summed E-state index contributed by atoms with van der Waals surface area (Å²) >= 11 is 0. The maximum absolute atomic E-state index is 5.51. The Hall–Kier alpha value is -0.0400. The second-order valence-corrected chi connectivity index (χ2v) is 7.86. The molecule has 0 rings (SSSR count). The van der Waals surface area contributed by atoms with Crippen molar-refractivity contribution in [3.63, 3.8) is 0 Å². The van der Waals surface area contributed by atoms with Crippen LogP contribution in [0.3, 0.4) is 0 Å². The Morgan fingerprint density at radius 2 is 0.542 bits per heavy atom. The van der Waals surface area contributed by atoms with E-state index in [4.69, 9.17) is 5.73 Å². The molecule has 2 N–H and O–H groups in total. The number of nitrogens with two attached hydrogens (primary N) is 1. The molecule has 0 atom stereocenters. The van der Waals surface area contributed by atoms with Gasteiger partial charge in [0.1, 0.15) is 0 Å². The van der Waals surface area contributed by atoms with Crippen LogP contribution in [0.15, 0.2) is 0 Å². The predicted molar refractivity (Wildman–Crippen MR) is 112 cm³/mol. The number of hydrogen-bond donors (Lipinski definition) is 1. The van der Waals surface area contributed by atoms with E-state index in [1.54, 1.807) is 0 Å². The summed E-state index contributed by atoms with van der Waals surface area (Å²) in [5.74, 6) is 0. The molecule has 0 saturated heterocycles. The third-order valence-corrected chi connectivity index (χ3v) is 5.31. The molecule has 24 heavy (non-hydrogen) atoms. The van der Waals surface area contributed by atoms with Gasteiger partial charge in [-0.15, -0.1) is 0 Å². The van der Waals surface area contributed by atoms with E-state index in [0.717, 1.165) is 6.54 Å². The van der Waals surface area contributed by atoms with Gasteiger partial charge in [-0.25, -0.2) is 0 Å². The van der Waals surface area contributed by atoms with E-state index in [-0.39, 0.29) is 0 Å². The number of rotatable bonds is 21. The SMILES string of the molecule is CCCCCCCCCCCCCCCCCCCCCCCN. The van der Waals surface area contributed by atoms with Gasteiger partial charge in [0.2, 0.25) is 0 Å². The highest BCUT2D eigenvalue weighted by Crippen LogP contribution is 2.14. The Morgan fingerprint density at radius 3 is 0.750 bits per heavy atom. The van der Waals surface area contributed by atoms with Crippen LogP contribution in [0, 0.1) is 0 Å². The highest BCUT2D eigenvalue weighted by Gasteiger charge is 1.95. The van der Waals surface area contributed by atoms with Crippen molar-refractivity contribution < 1.29 is 0 Å². The quantitative estimate of drug-likeness (QED) is 0.210. The van der Waals surface area contributed by atoms with Gasteiger partial charge in [0.25, 0.3) is 0 Å². The van der Waals surface area contributed by atoms with Crippen molar-refractivity contribution >= 4 is 0 Å². The summed E-state index contributed by atoms with van der Waals surface area (Å²) in [6, 6.07) is 0. The minimum atomic E-state index is 0.874. The summed E-state index contributed by atoms with van der Waals surface area (Å²) < 4.78 is 0. The molecule has 1 nitrogen and oxygen atoms in total. The molecule has 0 unspecified atom stereocenters. The lowest BCUT2D eigenvalue weighted by Gasteiger charge is -2.04. The molecule has 0 amide bonds. The fourth-order valence-corrected chi connectivity index (χ4v) is 3.58. The molecule has 0 heterocycles. The zero-order valence-corrected chi connectivity index (χ0v) is 17.1. The van der Waals surface area contributed by atoms with Gasteiger partial charge < -0.3 is 5.73 Å². The molecule has 0 aromatic carbocycles. The first-order valence-electron chi connectivity index (χ1n) is 11.6. The van der Waals surface area contributed by atoms with Crippen molar-refractivity contribution in [3.8, 4) is 0 Å². The second-order valence-electron chi connectivity index (χ2n) is 7.86. The van der Waals surface area contributed by atoms with Crippen molar-refractivity contribution in [2.45, 2.75) is 142 Å². The van der Waals surface area contributed by atoms with Gasteiger partial charge in [-0.2, -0.15) is 0 Å². The molecule has 0 bridgehead atoms. The van der Waals surface area contributed by atoms with Crippen LogP contribution in [0.4, 0.5) is 0 Å². The van der Waals surface area contributed by atoms with Crippen molar-refractivity contribution in [2.24, 2.45) is 5.73 Å². The smallest absolute Gasteiger partial charge is 0.00773 e. The molecule has 0 aromatic heterocycles. The normalized spacial score (nSPS) is 11.2. The van der Waals surface area contributed by atoms with E-state index in [0.29, 0.717) is 0 Å². The first kappa shape index (κ1) is 24.0. The van der Waals surface area contributed by atoms with Crippen LogP contribution >= 0.6 is 0 Å². The molecule has 0 saturated carbocycles. The number of unbranched alkanes of at least 4 members (excludes halogenated alkanes) is 20. The Morgan fingerprint density at radius 1 is 0.333 bits per heavy atom. The van der Waals surface area contributed by atoms with Crippen LogP contribution in [-0.4, -0.2) is 6.54 Å². The maximum Gasteiger partial charge on any atom is -0.00773 e. The van der Waals surface area contributed by atoms with Crippen molar-refractivity contribution in [3.05, 3.63) is 0 Å². The largest absolute Gasteiger partial charge is 0.330 e. The molecular weight excluding hydrogens is 290 g/mol. The van der Waals surface area contributed by atoms with Crippen LogP contribution in [-0.2, 0) is 0 Å². The topological polar surface area (TPSA) is 26.0 Å². The standard InChI is InChI=1S/C23H49N/c1-2-3-4-5-6-7-8-9-10-11-12-13-14-15-16-17-18-19-20-21-22-23-24/h2-24H2,1H3. The minimum Gasteiger partial charge on any atom is -0.330 e. The monoisotopic (exact) mass is 339 g/mol. The lowest BCUT2D eigenvalue weighted by molar-refractivity contribution is 0.520. The van der Waals surface area contributed by atoms with E-state index in [1.807, 2.05) is 0 Å². The molecule has 0 aromatic rings. The lowest BCUT2D eigenvalue weighted by Crippen LogP contribution is -1.97. The molecule has 0 aliphatic carbocycles. The maximum atomic E-state index is 5.51. The number of hydrogen-bond acceptors (Lipinski definition) is 1. The summed E-state index contributed by atoms with van der Waals surface area (Å²) in [6.07, 6.45) is 30.3. The van der Waals surface area contributed by atoms with Gasteiger partial charge in [0.05, 0.1) is 0 Å². The van der Waals surface area contributed by atoms with E-state index < -0.39 is 0 Å². The molecule has 0 aliphatic heterocycles. The minimum absolute atomic E-state index is 0.874. The third-order valence-electron chi connectivity index (χ3n) is 5.31. The first-order chi connectivity index (χ1) is 11.9. The summed E-state index contributed by atoms with van der Waals surface area (Å²) in [4.78, 5) is 0. The van der Waals surface area contributed by atoms with E-state index in [9.17, 15) is 0 Å². The Balaban J connectivity index is 2.93. The van der Waals surface area contributed by atoms with E-state index >= 15 is 0 Å². The Kier molecular flexibility index (Phi) is 22.9. The Labute approximate surface area is 154 Å². The van der Waals surface area contributed by atoms with Crippen molar-refractivity contribution in [1.82, 2.24) is 0 Å². The average molecular weight is 340 g/mol. The van der Waals surface area contributed by atoms with Gasteiger partial charge in [-0.05, 0) is 13.0 Å². The van der Waals surface area contributed by atoms with Gasteiger partial charge >= 0.3 is 0 Å². The van der Waals surface area contributed by atoms with Crippen LogP contribution in [0.5, 0.6) is 0 Å². The lowest BCUT2D eigenvalue weighted by atomic mass is 10.0. The van der Waals surface area contributed by atoms with Crippen LogP contribution < -0.4 is 5.73 Å². The average Bonchev–Trinajstić information content (AvgIpc) is 2.60. The Bertz CT molecular complexity index is 180. The van der Waals surface area contributed by atoms with E-state index in [1.165, 1.54) is 135 Å². The molecule has 0 aliphatic rings. The fourth-order valence-electron chi connectivity index (χ4n) is 3.58. The summed E-state index contributed by atoms with van der Waals surface area (Å²) in [6.45, 7) is 3.17. The van der Waals surface area contributed by atoms with Gasteiger partial charge in [-0.1, -0.05) is 135 Å². The molecule has 0 radical (unpaired) electrons. The molecule has 0 fully saturated rings. The zero-order valence-electron chi connectivity index (χ0n) is 17.1. The fraction of sp³-hybridized carbons (Fsp3) is 1.00. The van der Waals surface area contributed by atoms with Crippen molar-refractivity contribution in [2.75, 3.05) is 6.54 Å². The van der Waals surface area contributed by atoms with Crippen LogP contribution in [0.25, 0.3) is 0 Å². The zero-order chi connectivity index (χ0) is 17.6. The molecule has 146 valence electrons. The van der Waals surface area contributed by atoms with Gasteiger partial charge in [0.15, 0.2) is 0 Å². The second kappa shape index (κ2) is 23.0. The highest BCUT2D eigenvalue weighted by molar-refractivity contribution is 4.51. The molecular formula is C23H49N. The summed E-state index contributed by atoms with van der Waals surface area (Å²) in [5, 5.41) is 0. The van der Waals surface area contributed by atoms with Gasteiger partial charge in [0, 0.05) is 0 Å². The molecule has 0 spiro atoms. The van der Waals surface area contributed by atoms with E-state index in [2.05, 4.69) is 6.92 Å². The predicted octanol–water partition coefficient (Wildman–Crippen LogP) is 8.16. The highest BCUT2D eigenvalue weighted by atomic mass is 14.5. The van der Waals surface area contributed by atoms with Crippen LogP contribution in [0.2, 0.25) is 0 Å². The van der Waals surface area contributed by atoms with Crippen LogP contribution in [0.1, 0.15) is 142 Å². The molecule has 1 heteroatoms. The summed E-state index contributed by atoms with van der Waals surface area (Å²) in [7, 11) is 0. The van der Waals surface area contributed by atoms with Gasteiger partial charge in [-0.3, -0.25) is 0 Å². The first-order valence-corrected chi connectivity index (χ1v) is 11.6. The third kappa shape index (κ3) is 22.0. The van der Waals surface area contributed by atoms with Crippen molar-refractivity contribution in [1.29, 1.82) is 0 Å².